The van der Waals surface area contributed by atoms with Gasteiger partial charge in [0.1, 0.15) is 0 Å². The van der Waals surface area contributed by atoms with E-state index in [1.165, 1.54) is 0 Å². The number of carbonyl (C=O) groups excluding carboxylic acids is 2. The highest BCUT2D eigenvalue weighted by atomic mass is 16.1. The molecule has 0 aliphatic carbocycles. The maximum absolute atomic E-state index is 11.5. The van der Waals surface area contributed by atoms with Crippen molar-refractivity contribution < 1.29 is 9.59 Å². The van der Waals surface area contributed by atoms with Gasteiger partial charge in [0, 0.05) is 13.0 Å². The summed E-state index contributed by atoms with van der Waals surface area (Å²) in [6.07, 6.45) is 3.33. The third-order valence-electron chi connectivity index (χ3n) is 2.46. The number of rotatable bonds is 1. The number of fused-ring (bicyclic) bond motifs is 1. The third kappa shape index (κ3) is 1.30. The number of Topliss-reactive ketones (excluding diaryl/α,β-unsaturated/α-hetero) is 1. The van der Waals surface area contributed by atoms with Gasteiger partial charge in [-0.1, -0.05) is 0 Å². The Balaban J connectivity index is 2.49. The van der Waals surface area contributed by atoms with Gasteiger partial charge >= 0.3 is 0 Å². The van der Waals surface area contributed by atoms with Crippen molar-refractivity contribution in [2.45, 2.75) is 25.8 Å². The van der Waals surface area contributed by atoms with E-state index in [1.54, 1.807) is 12.1 Å². The SMILES string of the molecule is O=Cc1ccc2n1CCCCC2=O. The Morgan fingerprint density at radius 2 is 2.15 bits per heavy atom. The van der Waals surface area contributed by atoms with E-state index in [0.29, 0.717) is 17.8 Å². The van der Waals surface area contributed by atoms with Crippen LogP contribution in [-0.2, 0) is 6.54 Å². The molecule has 0 saturated heterocycles. The van der Waals surface area contributed by atoms with Gasteiger partial charge in [0.05, 0.1) is 11.4 Å². The first-order chi connectivity index (χ1) is 6.33. The Hall–Kier alpha value is -1.38. The van der Waals surface area contributed by atoms with Crippen LogP contribution in [0.15, 0.2) is 12.1 Å². The fourth-order valence-electron chi connectivity index (χ4n) is 1.76. The van der Waals surface area contributed by atoms with Gasteiger partial charge in [0.2, 0.25) is 0 Å². The van der Waals surface area contributed by atoms with Gasteiger partial charge in [0.25, 0.3) is 0 Å². The molecule has 2 heterocycles. The minimum atomic E-state index is 0.158. The molecule has 0 bridgehead atoms. The van der Waals surface area contributed by atoms with Crippen molar-refractivity contribution in [1.82, 2.24) is 4.57 Å². The van der Waals surface area contributed by atoms with Crippen molar-refractivity contribution in [3.63, 3.8) is 0 Å². The molecule has 0 atom stereocenters. The van der Waals surface area contributed by atoms with Gasteiger partial charge < -0.3 is 4.57 Å². The predicted molar refractivity (Wildman–Crippen MR) is 48.0 cm³/mol. The van der Waals surface area contributed by atoms with Gasteiger partial charge in [-0.25, -0.2) is 0 Å². The number of nitrogens with zero attached hydrogens (tertiary/aromatic N) is 1. The van der Waals surface area contributed by atoms with Crippen LogP contribution in [0.3, 0.4) is 0 Å². The van der Waals surface area contributed by atoms with Crippen LogP contribution in [0, 0.1) is 0 Å². The number of aromatic nitrogens is 1. The highest BCUT2D eigenvalue weighted by Crippen LogP contribution is 2.17. The van der Waals surface area contributed by atoms with Gasteiger partial charge in [-0.05, 0) is 25.0 Å². The van der Waals surface area contributed by atoms with Gasteiger partial charge in [-0.3, -0.25) is 9.59 Å². The summed E-state index contributed by atoms with van der Waals surface area (Å²) < 4.78 is 1.82. The average Bonchev–Trinajstić information content (AvgIpc) is 2.47. The lowest BCUT2D eigenvalue weighted by Crippen LogP contribution is -2.07. The van der Waals surface area contributed by atoms with Crippen LogP contribution in [0.1, 0.15) is 40.2 Å². The summed E-state index contributed by atoms with van der Waals surface area (Å²) in [6, 6.07) is 3.46. The molecule has 0 amide bonds. The molecule has 0 unspecified atom stereocenters. The number of ketones is 1. The summed E-state index contributed by atoms with van der Waals surface area (Å²) in [4.78, 5) is 22.1. The van der Waals surface area contributed by atoms with E-state index in [2.05, 4.69) is 0 Å². The molecule has 2 rings (SSSR count). The van der Waals surface area contributed by atoms with Gasteiger partial charge in [-0.15, -0.1) is 0 Å². The lowest BCUT2D eigenvalue weighted by atomic mass is 10.2. The number of carbonyl (C=O) groups is 2. The quantitative estimate of drug-likeness (QED) is 0.612. The van der Waals surface area contributed by atoms with Gasteiger partial charge in [-0.2, -0.15) is 0 Å². The molecule has 0 radical (unpaired) electrons. The lowest BCUT2D eigenvalue weighted by Gasteiger charge is -2.04. The van der Waals surface area contributed by atoms with Gasteiger partial charge in [0.15, 0.2) is 12.1 Å². The maximum Gasteiger partial charge on any atom is 0.179 e. The van der Waals surface area contributed by atoms with Crippen molar-refractivity contribution in [3.8, 4) is 0 Å². The van der Waals surface area contributed by atoms with Crippen molar-refractivity contribution in [2.75, 3.05) is 0 Å². The normalized spacial score (nSPS) is 16.5. The van der Waals surface area contributed by atoms with E-state index in [-0.39, 0.29) is 5.78 Å². The molecule has 1 aromatic heterocycles. The fourth-order valence-corrected chi connectivity index (χ4v) is 1.76. The van der Waals surface area contributed by atoms with Crippen LogP contribution in [0.2, 0.25) is 0 Å². The number of hydrogen-bond donors (Lipinski definition) is 0. The Labute approximate surface area is 76.4 Å². The summed E-state index contributed by atoms with van der Waals surface area (Å²) in [5.74, 6) is 0.158. The standard InChI is InChI=1S/C10H11NO2/c12-7-8-4-5-9-10(13)3-1-2-6-11(8)9/h4-5,7H,1-3,6H2. The highest BCUT2D eigenvalue weighted by Gasteiger charge is 2.17. The van der Waals surface area contributed by atoms with Crippen molar-refractivity contribution in [3.05, 3.63) is 23.5 Å². The van der Waals surface area contributed by atoms with E-state index in [0.717, 1.165) is 25.7 Å². The average molecular weight is 177 g/mol. The zero-order valence-electron chi connectivity index (χ0n) is 7.32. The van der Waals surface area contributed by atoms with Crippen LogP contribution in [0.25, 0.3) is 0 Å². The summed E-state index contributed by atoms with van der Waals surface area (Å²) in [5.41, 5.74) is 1.31. The van der Waals surface area contributed by atoms with E-state index in [9.17, 15) is 9.59 Å². The van der Waals surface area contributed by atoms with E-state index in [4.69, 9.17) is 0 Å². The van der Waals surface area contributed by atoms with Crippen LogP contribution < -0.4 is 0 Å². The van der Waals surface area contributed by atoms with Crippen molar-refractivity contribution in [2.24, 2.45) is 0 Å². The molecule has 1 aromatic rings. The second-order valence-electron chi connectivity index (χ2n) is 3.29. The summed E-state index contributed by atoms with van der Waals surface area (Å²) in [6.45, 7) is 0.794. The van der Waals surface area contributed by atoms with E-state index in [1.807, 2.05) is 4.57 Å². The highest BCUT2D eigenvalue weighted by molar-refractivity contribution is 5.96. The first-order valence-corrected chi connectivity index (χ1v) is 4.51. The molecule has 0 saturated carbocycles. The van der Waals surface area contributed by atoms with E-state index < -0.39 is 0 Å². The zero-order chi connectivity index (χ0) is 9.26. The zero-order valence-corrected chi connectivity index (χ0v) is 7.32. The molecule has 0 spiro atoms. The number of hydrogen-bond acceptors (Lipinski definition) is 2. The minimum Gasteiger partial charge on any atom is -0.336 e. The maximum atomic E-state index is 11.5. The third-order valence-corrected chi connectivity index (χ3v) is 2.46. The second kappa shape index (κ2) is 3.17. The van der Waals surface area contributed by atoms with Crippen LogP contribution in [-0.4, -0.2) is 16.6 Å². The first-order valence-electron chi connectivity index (χ1n) is 4.51. The van der Waals surface area contributed by atoms with Crippen molar-refractivity contribution in [1.29, 1.82) is 0 Å². The summed E-state index contributed by atoms with van der Waals surface area (Å²) in [5, 5.41) is 0. The smallest absolute Gasteiger partial charge is 0.179 e. The monoisotopic (exact) mass is 177 g/mol. The molecular formula is C10H11NO2. The minimum absolute atomic E-state index is 0.158. The molecule has 3 heteroatoms. The molecule has 1 aliphatic rings. The summed E-state index contributed by atoms with van der Waals surface area (Å²) >= 11 is 0. The molecule has 0 N–H and O–H groups in total. The lowest BCUT2D eigenvalue weighted by molar-refractivity contribution is 0.0977. The number of aldehydes is 1. The van der Waals surface area contributed by atoms with Crippen LogP contribution in [0.4, 0.5) is 0 Å². The largest absolute Gasteiger partial charge is 0.336 e. The molecule has 0 aromatic carbocycles. The second-order valence-corrected chi connectivity index (χ2v) is 3.29. The Morgan fingerprint density at radius 1 is 1.31 bits per heavy atom. The Morgan fingerprint density at radius 3 is 2.92 bits per heavy atom. The molecule has 1 aliphatic heterocycles. The molecule has 68 valence electrons. The molecular weight excluding hydrogens is 166 g/mol. The summed E-state index contributed by atoms with van der Waals surface area (Å²) in [7, 11) is 0. The first kappa shape index (κ1) is 8.23. The van der Waals surface area contributed by atoms with Crippen LogP contribution in [0.5, 0.6) is 0 Å². The van der Waals surface area contributed by atoms with E-state index >= 15 is 0 Å². The molecule has 13 heavy (non-hydrogen) atoms. The molecule has 0 fully saturated rings. The Kier molecular flexibility index (Phi) is 2.00. The van der Waals surface area contributed by atoms with Crippen LogP contribution >= 0.6 is 0 Å². The topological polar surface area (TPSA) is 39.1 Å². The van der Waals surface area contributed by atoms with Crippen molar-refractivity contribution >= 4 is 12.1 Å². The molecule has 3 nitrogen and oxygen atoms in total. The fraction of sp³-hybridized carbons (Fsp3) is 0.400. The Bertz CT molecular complexity index is 352. The predicted octanol–water partition coefficient (Wildman–Crippen LogP) is 1.67.